The molecule has 0 bridgehead atoms. The maximum atomic E-state index is 12.3. The molecule has 0 aromatic heterocycles. The quantitative estimate of drug-likeness (QED) is 0.750. The predicted octanol–water partition coefficient (Wildman–Crippen LogP) is 3.00. The van der Waals surface area contributed by atoms with Gasteiger partial charge < -0.3 is 10.4 Å². The fourth-order valence-electron chi connectivity index (χ4n) is 3.27. The van der Waals surface area contributed by atoms with Gasteiger partial charge in [0.05, 0.1) is 13.2 Å². The molecule has 2 aromatic rings. The normalized spacial score (nSPS) is 15.5. The smallest absolute Gasteiger partial charge is 0.238 e. The van der Waals surface area contributed by atoms with Gasteiger partial charge in [0, 0.05) is 48.2 Å². The topological polar surface area (TPSA) is 55.8 Å². The second-order valence-electron chi connectivity index (χ2n) is 7.28. The lowest BCUT2D eigenvalue weighted by Crippen LogP contribution is -2.49. The van der Waals surface area contributed by atoms with E-state index in [1.54, 1.807) is 11.8 Å². The number of piperazine rings is 1. The highest BCUT2D eigenvalue weighted by atomic mass is 32.2. The van der Waals surface area contributed by atoms with Gasteiger partial charge in [-0.25, -0.2) is 0 Å². The standard InChI is InChI=1S/C22H29N3O2S/c1-17-3-4-18(2)21(15-17)28-20-7-5-19(6-8-20)23-22(27)16-25-11-9-24(10-12-25)13-14-26/h3-8,15,26H,9-14,16H2,1-2H3,(H,23,27). The average molecular weight is 400 g/mol. The van der Waals surface area contributed by atoms with Crippen molar-refractivity contribution in [1.29, 1.82) is 0 Å². The Morgan fingerprint density at radius 2 is 1.71 bits per heavy atom. The van der Waals surface area contributed by atoms with Crippen molar-refractivity contribution in [3.05, 3.63) is 53.6 Å². The van der Waals surface area contributed by atoms with Crippen LogP contribution < -0.4 is 5.32 Å². The second-order valence-corrected chi connectivity index (χ2v) is 8.40. The molecule has 0 aliphatic carbocycles. The number of carbonyl (C=O) groups excluding carboxylic acids is 1. The molecule has 2 N–H and O–H groups in total. The summed E-state index contributed by atoms with van der Waals surface area (Å²) in [7, 11) is 0. The van der Waals surface area contributed by atoms with E-state index in [0.717, 1.165) is 36.8 Å². The summed E-state index contributed by atoms with van der Waals surface area (Å²) in [5.74, 6) is 0.0190. The SMILES string of the molecule is Cc1ccc(C)c(Sc2ccc(NC(=O)CN3CCN(CCO)CC3)cc2)c1. The van der Waals surface area contributed by atoms with Gasteiger partial charge in [-0.15, -0.1) is 0 Å². The molecule has 0 spiro atoms. The number of nitrogens with one attached hydrogen (secondary N) is 1. The molecule has 1 fully saturated rings. The van der Waals surface area contributed by atoms with Gasteiger partial charge in [-0.3, -0.25) is 14.6 Å². The highest BCUT2D eigenvalue weighted by Crippen LogP contribution is 2.31. The molecule has 0 saturated carbocycles. The zero-order chi connectivity index (χ0) is 19.9. The highest BCUT2D eigenvalue weighted by Gasteiger charge is 2.18. The summed E-state index contributed by atoms with van der Waals surface area (Å²) >= 11 is 1.75. The fourth-order valence-corrected chi connectivity index (χ4v) is 4.27. The predicted molar refractivity (Wildman–Crippen MR) is 115 cm³/mol. The Kier molecular flexibility index (Phi) is 7.50. The molecular formula is C22H29N3O2S. The summed E-state index contributed by atoms with van der Waals surface area (Å²) < 4.78 is 0. The third-order valence-corrected chi connectivity index (χ3v) is 6.13. The summed E-state index contributed by atoms with van der Waals surface area (Å²) in [6, 6.07) is 14.5. The van der Waals surface area contributed by atoms with Crippen LogP contribution in [0.15, 0.2) is 52.3 Å². The summed E-state index contributed by atoms with van der Waals surface area (Å²) in [5.41, 5.74) is 3.36. The van der Waals surface area contributed by atoms with Crippen LogP contribution in [0.4, 0.5) is 5.69 Å². The molecule has 1 aliphatic heterocycles. The molecular weight excluding hydrogens is 370 g/mol. The first kappa shape index (κ1) is 20.9. The number of benzene rings is 2. The molecule has 0 unspecified atom stereocenters. The van der Waals surface area contributed by atoms with Crippen LogP contribution in [0.1, 0.15) is 11.1 Å². The van der Waals surface area contributed by atoms with Crippen molar-refractivity contribution in [2.45, 2.75) is 23.6 Å². The van der Waals surface area contributed by atoms with Crippen molar-refractivity contribution in [3.63, 3.8) is 0 Å². The Balaban J connectivity index is 1.49. The van der Waals surface area contributed by atoms with E-state index >= 15 is 0 Å². The van der Waals surface area contributed by atoms with Crippen LogP contribution in [-0.2, 0) is 4.79 Å². The number of anilines is 1. The van der Waals surface area contributed by atoms with E-state index in [-0.39, 0.29) is 12.5 Å². The summed E-state index contributed by atoms with van der Waals surface area (Å²) in [4.78, 5) is 19.1. The van der Waals surface area contributed by atoms with Gasteiger partial charge in [-0.1, -0.05) is 23.9 Å². The zero-order valence-corrected chi connectivity index (χ0v) is 17.5. The van der Waals surface area contributed by atoms with Crippen LogP contribution >= 0.6 is 11.8 Å². The number of β-amino-alcohol motifs (C(OH)–C–C–N with tert-alkyl or cyclic N) is 1. The van der Waals surface area contributed by atoms with E-state index in [1.807, 2.05) is 12.1 Å². The average Bonchev–Trinajstić information content (AvgIpc) is 2.68. The number of nitrogens with zero attached hydrogens (tertiary/aromatic N) is 2. The summed E-state index contributed by atoms with van der Waals surface area (Å²) in [6.45, 7) is 9.07. The van der Waals surface area contributed by atoms with Crippen LogP contribution in [0.5, 0.6) is 0 Å². The molecule has 150 valence electrons. The Morgan fingerprint density at radius 3 is 2.39 bits per heavy atom. The van der Waals surface area contributed by atoms with Crippen molar-refractivity contribution in [3.8, 4) is 0 Å². The lowest BCUT2D eigenvalue weighted by Gasteiger charge is -2.33. The van der Waals surface area contributed by atoms with Gasteiger partial charge in [0.25, 0.3) is 0 Å². The molecule has 5 nitrogen and oxygen atoms in total. The number of aryl methyl sites for hydroxylation is 2. The van der Waals surface area contributed by atoms with Crippen molar-refractivity contribution >= 4 is 23.4 Å². The van der Waals surface area contributed by atoms with Crippen LogP contribution in [0, 0.1) is 13.8 Å². The van der Waals surface area contributed by atoms with Crippen molar-refractivity contribution in [2.75, 3.05) is 51.2 Å². The minimum Gasteiger partial charge on any atom is -0.395 e. The van der Waals surface area contributed by atoms with Crippen molar-refractivity contribution < 1.29 is 9.90 Å². The van der Waals surface area contributed by atoms with Gasteiger partial charge in [0.15, 0.2) is 0 Å². The lowest BCUT2D eigenvalue weighted by molar-refractivity contribution is -0.117. The summed E-state index contributed by atoms with van der Waals surface area (Å²) in [5, 5.41) is 12.0. The number of carbonyl (C=O) groups is 1. The molecule has 28 heavy (non-hydrogen) atoms. The maximum absolute atomic E-state index is 12.3. The number of aliphatic hydroxyl groups excluding tert-OH is 1. The molecule has 6 heteroatoms. The molecule has 2 aromatic carbocycles. The Hall–Kier alpha value is -1.86. The largest absolute Gasteiger partial charge is 0.395 e. The first-order valence-electron chi connectivity index (χ1n) is 9.74. The minimum absolute atomic E-state index is 0.0190. The Bertz CT molecular complexity index is 787. The maximum Gasteiger partial charge on any atom is 0.238 e. The minimum atomic E-state index is 0.0190. The Labute approximate surface area is 171 Å². The van der Waals surface area contributed by atoms with Crippen molar-refractivity contribution in [2.24, 2.45) is 0 Å². The number of aliphatic hydroxyl groups is 1. The van der Waals surface area contributed by atoms with E-state index < -0.39 is 0 Å². The third-order valence-electron chi connectivity index (χ3n) is 4.96. The molecule has 0 radical (unpaired) electrons. The lowest BCUT2D eigenvalue weighted by atomic mass is 10.2. The number of rotatable bonds is 7. The van der Waals surface area contributed by atoms with E-state index in [1.165, 1.54) is 16.0 Å². The van der Waals surface area contributed by atoms with Crippen LogP contribution in [0.25, 0.3) is 0 Å². The van der Waals surface area contributed by atoms with E-state index in [4.69, 9.17) is 5.11 Å². The number of hydrogen-bond donors (Lipinski definition) is 2. The molecule has 1 aliphatic rings. The zero-order valence-electron chi connectivity index (χ0n) is 16.6. The molecule has 1 amide bonds. The van der Waals surface area contributed by atoms with E-state index in [0.29, 0.717) is 13.1 Å². The van der Waals surface area contributed by atoms with Crippen LogP contribution in [-0.4, -0.2) is 66.7 Å². The molecule has 1 saturated heterocycles. The fraction of sp³-hybridized carbons (Fsp3) is 0.409. The van der Waals surface area contributed by atoms with Crippen molar-refractivity contribution in [1.82, 2.24) is 9.80 Å². The molecule has 1 heterocycles. The van der Waals surface area contributed by atoms with E-state index in [2.05, 4.69) is 59.3 Å². The van der Waals surface area contributed by atoms with Gasteiger partial charge in [0.1, 0.15) is 0 Å². The first-order valence-corrected chi connectivity index (χ1v) is 10.6. The van der Waals surface area contributed by atoms with Crippen LogP contribution in [0.2, 0.25) is 0 Å². The molecule has 0 atom stereocenters. The van der Waals surface area contributed by atoms with Gasteiger partial charge in [0.2, 0.25) is 5.91 Å². The second kappa shape index (κ2) is 10.1. The first-order chi connectivity index (χ1) is 13.5. The van der Waals surface area contributed by atoms with E-state index in [9.17, 15) is 4.79 Å². The highest BCUT2D eigenvalue weighted by molar-refractivity contribution is 7.99. The molecule has 3 rings (SSSR count). The van der Waals surface area contributed by atoms with Gasteiger partial charge in [-0.05, 0) is 55.3 Å². The summed E-state index contributed by atoms with van der Waals surface area (Å²) in [6.07, 6.45) is 0. The Morgan fingerprint density at radius 1 is 1.04 bits per heavy atom. The third kappa shape index (κ3) is 6.07. The monoisotopic (exact) mass is 399 g/mol. The van der Waals surface area contributed by atoms with Gasteiger partial charge >= 0.3 is 0 Å². The van der Waals surface area contributed by atoms with Crippen LogP contribution in [0.3, 0.4) is 0 Å². The number of hydrogen-bond acceptors (Lipinski definition) is 5. The van der Waals surface area contributed by atoms with Gasteiger partial charge in [-0.2, -0.15) is 0 Å². The number of amides is 1.